The van der Waals surface area contributed by atoms with Crippen molar-refractivity contribution in [1.29, 1.82) is 0 Å². The molecule has 1 heterocycles. The van der Waals surface area contributed by atoms with Crippen molar-refractivity contribution in [2.24, 2.45) is 0 Å². The molecule has 1 fully saturated rings. The van der Waals surface area contributed by atoms with E-state index in [0.717, 1.165) is 38.4 Å². The van der Waals surface area contributed by atoms with Crippen molar-refractivity contribution in [3.63, 3.8) is 0 Å². The van der Waals surface area contributed by atoms with E-state index in [9.17, 15) is 9.59 Å². The lowest BCUT2D eigenvalue weighted by atomic mass is 10.1. The van der Waals surface area contributed by atoms with Gasteiger partial charge in [0.25, 0.3) is 0 Å². The van der Waals surface area contributed by atoms with Crippen LogP contribution in [-0.2, 0) is 20.7 Å². The molecule has 132 valence electrons. The van der Waals surface area contributed by atoms with Crippen LogP contribution >= 0.6 is 11.6 Å². The van der Waals surface area contributed by atoms with Crippen LogP contribution in [0.25, 0.3) is 0 Å². The molecule has 0 unspecified atom stereocenters. The van der Waals surface area contributed by atoms with Crippen LogP contribution in [0.5, 0.6) is 0 Å². The largest absolute Gasteiger partial charge is 0.379 e. The number of amides is 2. The zero-order chi connectivity index (χ0) is 17.2. The summed E-state index contributed by atoms with van der Waals surface area (Å²) >= 11 is 5.90. The van der Waals surface area contributed by atoms with E-state index in [0.29, 0.717) is 24.4 Å². The van der Waals surface area contributed by atoms with Gasteiger partial charge >= 0.3 is 0 Å². The highest BCUT2D eigenvalue weighted by atomic mass is 35.5. The highest BCUT2D eigenvalue weighted by Gasteiger charge is 2.10. The molecule has 1 aromatic carbocycles. The fraction of sp³-hybridized carbons (Fsp3) is 0.529. The first-order valence-electron chi connectivity index (χ1n) is 8.21. The Hall–Kier alpha value is -1.63. The second-order valence-corrected chi connectivity index (χ2v) is 6.15. The van der Waals surface area contributed by atoms with Crippen LogP contribution in [-0.4, -0.2) is 62.7 Å². The summed E-state index contributed by atoms with van der Waals surface area (Å²) in [6.07, 6.45) is 0.937. The lowest BCUT2D eigenvalue weighted by molar-refractivity contribution is -0.126. The van der Waals surface area contributed by atoms with Gasteiger partial charge in [-0.3, -0.25) is 14.5 Å². The van der Waals surface area contributed by atoms with Gasteiger partial charge in [0.05, 0.1) is 19.8 Å². The molecule has 0 atom stereocenters. The summed E-state index contributed by atoms with van der Waals surface area (Å²) in [6.45, 7) is 4.69. The van der Waals surface area contributed by atoms with Crippen molar-refractivity contribution < 1.29 is 14.3 Å². The predicted octanol–water partition coefficient (Wildman–Crippen LogP) is 0.837. The summed E-state index contributed by atoms with van der Waals surface area (Å²) in [5.41, 5.74) is 1.01. The van der Waals surface area contributed by atoms with E-state index in [2.05, 4.69) is 15.5 Å². The quantitative estimate of drug-likeness (QED) is 0.726. The lowest BCUT2D eigenvalue weighted by Gasteiger charge is -2.26. The number of halogens is 1. The van der Waals surface area contributed by atoms with E-state index in [1.54, 1.807) is 6.07 Å². The third-order valence-electron chi connectivity index (χ3n) is 3.83. The van der Waals surface area contributed by atoms with Crippen molar-refractivity contribution in [2.45, 2.75) is 12.8 Å². The van der Waals surface area contributed by atoms with Crippen LogP contribution in [0.3, 0.4) is 0 Å². The minimum atomic E-state index is -0.167. The van der Waals surface area contributed by atoms with Crippen LogP contribution in [0, 0.1) is 0 Å². The van der Waals surface area contributed by atoms with E-state index in [1.165, 1.54) is 0 Å². The van der Waals surface area contributed by atoms with Crippen molar-refractivity contribution in [3.8, 4) is 0 Å². The summed E-state index contributed by atoms with van der Waals surface area (Å²) < 4.78 is 5.27. The lowest BCUT2D eigenvalue weighted by Crippen LogP contribution is -2.43. The highest BCUT2D eigenvalue weighted by Crippen LogP contribution is 2.11. The molecular formula is C17H24ClN3O3. The summed E-state index contributed by atoms with van der Waals surface area (Å²) in [6, 6.07) is 7.43. The molecule has 6 nitrogen and oxygen atoms in total. The maximum absolute atomic E-state index is 11.8. The van der Waals surface area contributed by atoms with E-state index in [1.807, 2.05) is 18.2 Å². The summed E-state index contributed by atoms with van der Waals surface area (Å²) in [5, 5.41) is 6.11. The maximum Gasteiger partial charge on any atom is 0.239 e. The van der Waals surface area contributed by atoms with Crippen LogP contribution in [0.4, 0.5) is 0 Å². The molecule has 0 aliphatic carbocycles. The van der Waals surface area contributed by atoms with Gasteiger partial charge in [0.15, 0.2) is 0 Å². The Morgan fingerprint density at radius 1 is 1.17 bits per heavy atom. The molecule has 1 saturated heterocycles. The van der Waals surface area contributed by atoms with Crippen molar-refractivity contribution in [2.75, 3.05) is 45.9 Å². The van der Waals surface area contributed by atoms with Gasteiger partial charge in [-0.2, -0.15) is 0 Å². The molecule has 1 aliphatic rings. The van der Waals surface area contributed by atoms with Crippen molar-refractivity contribution in [3.05, 3.63) is 34.9 Å². The Morgan fingerprint density at radius 2 is 1.96 bits per heavy atom. The number of rotatable bonds is 8. The normalized spacial score (nSPS) is 15.0. The van der Waals surface area contributed by atoms with Crippen LogP contribution in [0.1, 0.15) is 12.0 Å². The van der Waals surface area contributed by atoms with Crippen LogP contribution in [0.15, 0.2) is 24.3 Å². The number of hydrogen-bond acceptors (Lipinski definition) is 4. The number of benzene rings is 1. The van der Waals surface area contributed by atoms with Crippen molar-refractivity contribution in [1.82, 2.24) is 15.5 Å². The third kappa shape index (κ3) is 7.29. The number of carbonyl (C=O) groups is 2. The van der Waals surface area contributed by atoms with Gasteiger partial charge in [0, 0.05) is 37.6 Å². The Balaban J connectivity index is 1.54. The number of hydrogen-bond donors (Lipinski definition) is 2. The number of nitrogens with zero attached hydrogens (tertiary/aromatic N) is 1. The molecular weight excluding hydrogens is 330 g/mol. The number of carbonyl (C=O) groups excluding carboxylic acids is 2. The fourth-order valence-corrected chi connectivity index (χ4v) is 2.67. The molecule has 0 bridgehead atoms. The molecule has 7 heteroatoms. The molecule has 0 saturated carbocycles. The monoisotopic (exact) mass is 353 g/mol. The average Bonchev–Trinajstić information content (AvgIpc) is 2.59. The van der Waals surface area contributed by atoms with E-state index < -0.39 is 0 Å². The average molecular weight is 354 g/mol. The minimum Gasteiger partial charge on any atom is -0.379 e. The molecule has 2 N–H and O–H groups in total. The zero-order valence-corrected chi connectivity index (χ0v) is 14.5. The Kier molecular flexibility index (Phi) is 8.01. The van der Waals surface area contributed by atoms with Gasteiger partial charge in [-0.25, -0.2) is 0 Å². The first kappa shape index (κ1) is 18.7. The second-order valence-electron chi connectivity index (χ2n) is 5.71. The molecule has 24 heavy (non-hydrogen) atoms. The maximum atomic E-state index is 11.8. The molecule has 0 spiro atoms. The van der Waals surface area contributed by atoms with Crippen LogP contribution in [0.2, 0.25) is 5.02 Å². The van der Waals surface area contributed by atoms with Gasteiger partial charge in [-0.15, -0.1) is 0 Å². The topological polar surface area (TPSA) is 70.7 Å². The first-order chi connectivity index (χ1) is 11.6. The molecule has 0 aromatic heterocycles. The highest BCUT2D eigenvalue weighted by molar-refractivity contribution is 6.30. The summed E-state index contributed by atoms with van der Waals surface area (Å²) in [4.78, 5) is 25.7. The first-order valence-corrected chi connectivity index (χ1v) is 8.59. The van der Waals surface area contributed by atoms with Gasteiger partial charge in [-0.1, -0.05) is 23.7 Å². The van der Waals surface area contributed by atoms with Gasteiger partial charge in [-0.05, 0) is 24.1 Å². The fourth-order valence-electron chi connectivity index (χ4n) is 2.46. The Morgan fingerprint density at radius 3 is 2.71 bits per heavy atom. The molecule has 0 radical (unpaired) electrons. The third-order valence-corrected chi connectivity index (χ3v) is 4.06. The molecule has 2 rings (SSSR count). The van der Waals surface area contributed by atoms with E-state index in [4.69, 9.17) is 16.3 Å². The molecule has 2 amide bonds. The standard InChI is InChI=1S/C17H24ClN3O3/c18-15-3-1-2-14(12-15)4-5-16(22)20-13-17(23)19-6-7-21-8-10-24-11-9-21/h1-3,12H,4-11,13H2,(H,19,23)(H,20,22). The predicted molar refractivity (Wildman–Crippen MR) is 93.1 cm³/mol. The van der Waals surface area contributed by atoms with Gasteiger partial charge in [0.1, 0.15) is 0 Å². The smallest absolute Gasteiger partial charge is 0.239 e. The number of nitrogens with one attached hydrogen (secondary N) is 2. The number of morpholine rings is 1. The summed E-state index contributed by atoms with van der Waals surface area (Å²) in [5.74, 6) is -0.308. The zero-order valence-electron chi connectivity index (χ0n) is 13.7. The Bertz CT molecular complexity index is 548. The SMILES string of the molecule is O=C(CCc1cccc(Cl)c1)NCC(=O)NCCN1CCOCC1. The van der Waals surface area contributed by atoms with Crippen LogP contribution < -0.4 is 10.6 Å². The number of aryl methyl sites for hydroxylation is 1. The van der Waals surface area contributed by atoms with Gasteiger partial charge in [0.2, 0.25) is 11.8 Å². The Labute approximate surface area is 147 Å². The molecule has 1 aliphatic heterocycles. The van der Waals surface area contributed by atoms with Crippen molar-refractivity contribution >= 4 is 23.4 Å². The van der Waals surface area contributed by atoms with E-state index >= 15 is 0 Å². The molecule has 1 aromatic rings. The van der Waals surface area contributed by atoms with Gasteiger partial charge < -0.3 is 15.4 Å². The summed E-state index contributed by atoms with van der Waals surface area (Å²) in [7, 11) is 0. The second kappa shape index (κ2) is 10.3. The van der Waals surface area contributed by atoms with E-state index in [-0.39, 0.29) is 18.4 Å². The number of ether oxygens (including phenoxy) is 1. The minimum absolute atomic E-state index is 0.0114.